The summed E-state index contributed by atoms with van der Waals surface area (Å²) in [5.74, 6) is 2.08. The van der Waals surface area contributed by atoms with Crippen LogP contribution in [0.3, 0.4) is 0 Å². The summed E-state index contributed by atoms with van der Waals surface area (Å²) in [5.41, 5.74) is 8.13. The van der Waals surface area contributed by atoms with Gasteiger partial charge >= 0.3 is 0 Å². The Labute approximate surface area is 143 Å². The van der Waals surface area contributed by atoms with E-state index in [-0.39, 0.29) is 5.41 Å². The average Bonchev–Trinajstić information content (AvgIpc) is 2.64. The maximum atomic E-state index is 2.39. The van der Waals surface area contributed by atoms with Gasteiger partial charge in [0.15, 0.2) is 0 Å². The highest BCUT2D eigenvalue weighted by Crippen LogP contribution is 2.73. The highest BCUT2D eigenvalue weighted by Gasteiger charge is 2.64. The predicted molar refractivity (Wildman–Crippen MR) is 97.6 cm³/mol. The van der Waals surface area contributed by atoms with Crippen LogP contribution in [0.25, 0.3) is 0 Å². The van der Waals surface area contributed by atoms with Crippen LogP contribution in [-0.4, -0.2) is 0 Å². The maximum Gasteiger partial charge on any atom is 0.0348 e. The quantitative estimate of drug-likeness (QED) is 0.537. The molecular formula is C24H20. The van der Waals surface area contributed by atoms with Crippen molar-refractivity contribution in [2.45, 2.75) is 36.0 Å². The lowest BCUT2D eigenvalue weighted by Crippen LogP contribution is -2.56. The van der Waals surface area contributed by atoms with E-state index in [1.807, 2.05) is 0 Å². The van der Waals surface area contributed by atoms with Gasteiger partial charge in [0.1, 0.15) is 0 Å². The van der Waals surface area contributed by atoms with Gasteiger partial charge < -0.3 is 0 Å². The van der Waals surface area contributed by atoms with Crippen molar-refractivity contribution >= 4 is 0 Å². The van der Waals surface area contributed by atoms with Crippen LogP contribution >= 0.6 is 0 Å². The Hall–Kier alpha value is -2.34. The van der Waals surface area contributed by atoms with E-state index in [0.717, 1.165) is 5.92 Å². The summed E-state index contributed by atoms with van der Waals surface area (Å²) in [6.45, 7) is 0. The molecule has 1 saturated carbocycles. The third-order valence-electron chi connectivity index (χ3n) is 6.97. The van der Waals surface area contributed by atoms with Gasteiger partial charge in [-0.15, -0.1) is 0 Å². The summed E-state index contributed by atoms with van der Waals surface area (Å²) in [5, 5.41) is 0. The first-order valence-corrected chi connectivity index (χ1v) is 9.16. The van der Waals surface area contributed by atoms with Gasteiger partial charge in [-0.1, -0.05) is 78.9 Å². The molecule has 0 bridgehead atoms. The fourth-order valence-corrected chi connectivity index (χ4v) is 6.21. The lowest BCUT2D eigenvalue weighted by atomic mass is 9.37. The van der Waals surface area contributed by atoms with Crippen LogP contribution in [0.15, 0.2) is 78.9 Å². The first-order chi connectivity index (χ1) is 11.9. The zero-order valence-electron chi connectivity index (χ0n) is 13.7. The predicted octanol–water partition coefficient (Wildman–Crippen LogP) is 5.74. The van der Waals surface area contributed by atoms with Crippen LogP contribution in [0, 0.1) is 0 Å². The molecule has 4 unspecified atom stereocenters. The third kappa shape index (κ3) is 1.30. The Morgan fingerprint density at radius 2 is 1.29 bits per heavy atom. The molecule has 3 aromatic rings. The molecule has 0 nitrogen and oxygen atoms in total. The molecule has 0 radical (unpaired) electrons. The van der Waals surface area contributed by atoms with E-state index >= 15 is 0 Å². The van der Waals surface area contributed by atoms with E-state index in [1.54, 1.807) is 22.3 Å². The van der Waals surface area contributed by atoms with Gasteiger partial charge in [0.05, 0.1) is 0 Å². The lowest BCUT2D eigenvalue weighted by molar-refractivity contribution is 0.161. The molecule has 3 aliphatic carbocycles. The van der Waals surface area contributed by atoms with Crippen LogP contribution in [0.5, 0.6) is 0 Å². The normalized spacial score (nSPS) is 31.6. The molecule has 0 heteroatoms. The molecule has 116 valence electrons. The minimum absolute atomic E-state index is 0.203. The number of rotatable bonds is 1. The molecule has 1 fully saturated rings. The molecule has 0 aliphatic heterocycles. The largest absolute Gasteiger partial charge is 0.0622 e. The van der Waals surface area contributed by atoms with Crippen molar-refractivity contribution in [3.05, 3.63) is 107 Å². The van der Waals surface area contributed by atoms with E-state index in [4.69, 9.17) is 0 Å². The SMILES string of the molecule is c1ccc(C23c4ccccc4C2CCC2c4ccccc4C23)cc1. The van der Waals surface area contributed by atoms with E-state index in [1.165, 1.54) is 18.4 Å². The van der Waals surface area contributed by atoms with Crippen molar-refractivity contribution in [3.8, 4) is 0 Å². The molecule has 6 rings (SSSR count). The summed E-state index contributed by atoms with van der Waals surface area (Å²) in [6, 6.07) is 29.7. The smallest absolute Gasteiger partial charge is 0.0348 e. The van der Waals surface area contributed by atoms with Crippen LogP contribution in [-0.2, 0) is 5.41 Å². The Morgan fingerprint density at radius 1 is 0.625 bits per heavy atom. The average molecular weight is 308 g/mol. The van der Waals surface area contributed by atoms with E-state index in [0.29, 0.717) is 11.8 Å². The summed E-state index contributed by atoms with van der Waals surface area (Å²) in [4.78, 5) is 0. The number of fused-ring (bicyclic) bond motifs is 9. The molecule has 3 aromatic carbocycles. The first-order valence-electron chi connectivity index (χ1n) is 9.16. The maximum absolute atomic E-state index is 2.39. The number of hydrogen-bond acceptors (Lipinski definition) is 0. The van der Waals surface area contributed by atoms with Gasteiger partial charge in [-0.05, 0) is 52.5 Å². The summed E-state index contributed by atoms with van der Waals surface area (Å²) < 4.78 is 0. The molecule has 4 atom stereocenters. The van der Waals surface area contributed by atoms with Gasteiger partial charge in [-0.25, -0.2) is 0 Å². The van der Waals surface area contributed by atoms with E-state index in [9.17, 15) is 0 Å². The van der Waals surface area contributed by atoms with Crippen molar-refractivity contribution in [3.63, 3.8) is 0 Å². The minimum Gasteiger partial charge on any atom is -0.0622 e. The van der Waals surface area contributed by atoms with Crippen molar-refractivity contribution in [2.75, 3.05) is 0 Å². The summed E-state index contributed by atoms with van der Waals surface area (Å²) in [6.07, 6.45) is 2.66. The Morgan fingerprint density at radius 3 is 2.12 bits per heavy atom. The third-order valence-corrected chi connectivity index (χ3v) is 6.97. The van der Waals surface area contributed by atoms with Crippen LogP contribution in [0.4, 0.5) is 0 Å². The van der Waals surface area contributed by atoms with E-state index in [2.05, 4.69) is 78.9 Å². The molecule has 0 amide bonds. The standard InChI is InChI=1S/C24H20/c1-2-8-16(9-3-1)24-21-13-7-6-12-20(21)22(24)15-14-19-17-10-4-5-11-18(17)23(19)24/h1-13,19,22-23H,14-15H2. The Balaban J connectivity index is 1.65. The highest BCUT2D eigenvalue weighted by atomic mass is 14.7. The second-order valence-electron chi connectivity index (χ2n) is 7.67. The zero-order chi connectivity index (χ0) is 15.7. The van der Waals surface area contributed by atoms with Gasteiger partial charge in [0.25, 0.3) is 0 Å². The monoisotopic (exact) mass is 308 g/mol. The van der Waals surface area contributed by atoms with Gasteiger partial charge in [0.2, 0.25) is 0 Å². The van der Waals surface area contributed by atoms with Crippen LogP contribution in [0.2, 0.25) is 0 Å². The summed E-state index contributed by atoms with van der Waals surface area (Å²) >= 11 is 0. The van der Waals surface area contributed by atoms with Gasteiger partial charge in [-0.2, -0.15) is 0 Å². The van der Waals surface area contributed by atoms with Crippen molar-refractivity contribution in [1.82, 2.24) is 0 Å². The molecule has 0 saturated heterocycles. The van der Waals surface area contributed by atoms with Gasteiger partial charge in [0, 0.05) is 11.3 Å². The van der Waals surface area contributed by atoms with Crippen molar-refractivity contribution in [1.29, 1.82) is 0 Å². The first kappa shape index (κ1) is 13.0. The van der Waals surface area contributed by atoms with Crippen LogP contribution < -0.4 is 0 Å². The lowest BCUT2D eigenvalue weighted by Gasteiger charge is -2.65. The second-order valence-corrected chi connectivity index (χ2v) is 7.67. The molecule has 0 heterocycles. The number of hydrogen-bond donors (Lipinski definition) is 0. The molecule has 0 N–H and O–H groups in total. The molecule has 0 spiro atoms. The van der Waals surface area contributed by atoms with Crippen molar-refractivity contribution < 1.29 is 0 Å². The van der Waals surface area contributed by atoms with Crippen LogP contribution in [0.1, 0.15) is 58.4 Å². The van der Waals surface area contributed by atoms with Gasteiger partial charge in [-0.3, -0.25) is 0 Å². The molecular weight excluding hydrogens is 288 g/mol. The van der Waals surface area contributed by atoms with Crippen molar-refractivity contribution in [2.24, 2.45) is 0 Å². The Bertz CT molecular complexity index is 939. The topological polar surface area (TPSA) is 0 Å². The molecule has 24 heavy (non-hydrogen) atoms. The molecule has 0 aromatic heterocycles. The fourth-order valence-electron chi connectivity index (χ4n) is 6.21. The summed E-state index contributed by atoms with van der Waals surface area (Å²) in [7, 11) is 0. The highest BCUT2D eigenvalue weighted by molar-refractivity contribution is 5.66. The molecule has 3 aliphatic rings. The second kappa shape index (κ2) is 4.39. The minimum atomic E-state index is 0.203. The Kier molecular flexibility index (Phi) is 2.38. The van der Waals surface area contributed by atoms with E-state index < -0.39 is 0 Å². The number of benzene rings is 3. The zero-order valence-corrected chi connectivity index (χ0v) is 13.7. The fraction of sp³-hybridized carbons (Fsp3) is 0.250.